The minimum atomic E-state index is 0.232. The van der Waals surface area contributed by atoms with Gasteiger partial charge in [0.05, 0.1) is 19.8 Å². The van der Waals surface area contributed by atoms with Crippen LogP contribution in [0.5, 0.6) is 5.75 Å². The molecule has 102 valence electrons. The molecular formula is C15H25NO2. The highest BCUT2D eigenvalue weighted by atomic mass is 16.5. The lowest BCUT2D eigenvalue weighted by Crippen LogP contribution is -2.25. The number of nitrogens with one attached hydrogen (secondary N) is 1. The van der Waals surface area contributed by atoms with Crippen molar-refractivity contribution in [2.45, 2.75) is 33.2 Å². The lowest BCUT2D eigenvalue weighted by Gasteiger charge is -2.19. The normalized spacial score (nSPS) is 12.4. The van der Waals surface area contributed by atoms with Crippen LogP contribution >= 0.6 is 0 Å². The molecule has 1 aromatic carbocycles. The van der Waals surface area contributed by atoms with Crippen molar-refractivity contribution < 1.29 is 9.47 Å². The molecule has 0 amide bonds. The molecule has 0 heterocycles. The SMILES string of the molecule is CCCOCC(NCC)c1ccc(C)c(OC)c1. The average Bonchev–Trinajstić information content (AvgIpc) is 2.39. The topological polar surface area (TPSA) is 30.5 Å². The molecule has 0 aromatic heterocycles. The monoisotopic (exact) mass is 251 g/mol. The van der Waals surface area contributed by atoms with Gasteiger partial charge in [-0.15, -0.1) is 0 Å². The summed E-state index contributed by atoms with van der Waals surface area (Å²) in [4.78, 5) is 0. The molecule has 0 aliphatic heterocycles. The van der Waals surface area contributed by atoms with Crippen LogP contribution in [0.4, 0.5) is 0 Å². The first-order valence-electron chi connectivity index (χ1n) is 6.68. The quantitative estimate of drug-likeness (QED) is 0.720. The smallest absolute Gasteiger partial charge is 0.122 e. The molecule has 1 aromatic rings. The number of methoxy groups -OCH3 is 1. The number of likely N-dealkylation sites (N-methyl/N-ethyl adjacent to an activating group) is 1. The summed E-state index contributed by atoms with van der Waals surface area (Å²) in [6.07, 6.45) is 1.05. The second kappa shape index (κ2) is 8.11. The van der Waals surface area contributed by atoms with Crippen LogP contribution in [-0.2, 0) is 4.74 Å². The lowest BCUT2D eigenvalue weighted by molar-refractivity contribution is 0.112. The molecule has 1 rings (SSSR count). The van der Waals surface area contributed by atoms with Gasteiger partial charge in [-0.2, -0.15) is 0 Å². The highest BCUT2D eigenvalue weighted by molar-refractivity contribution is 5.37. The lowest BCUT2D eigenvalue weighted by atomic mass is 10.0. The minimum Gasteiger partial charge on any atom is -0.496 e. The Kier molecular flexibility index (Phi) is 6.76. The molecule has 0 radical (unpaired) electrons. The maximum Gasteiger partial charge on any atom is 0.122 e. The first-order valence-corrected chi connectivity index (χ1v) is 6.68. The predicted molar refractivity (Wildman–Crippen MR) is 75.3 cm³/mol. The van der Waals surface area contributed by atoms with Crippen molar-refractivity contribution in [3.63, 3.8) is 0 Å². The van der Waals surface area contributed by atoms with Crippen molar-refractivity contribution in [2.24, 2.45) is 0 Å². The predicted octanol–water partition coefficient (Wildman–Crippen LogP) is 3.08. The molecule has 3 heteroatoms. The zero-order chi connectivity index (χ0) is 13.4. The van der Waals surface area contributed by atoms with Gasteiger partial charge in [0.1, 0.15) is 5.75 Å². The van der Waals surface area contributed by atoms with Crippen LogP contribution in [0.1, 0.15) is 37.4 Å². The Balaban J connectivity index is 2.77. The number of rotatable bonds is 8. The van der Waals surface area contributed by atoms with E-state index < -0.39 is 0 Å². The summed E-state index contributed by atoms with van der Waals surface area (Å²) in [5.74, 6) is 0.936. The van der Waals surface area contributed by atoms with Crippen molar-refractivity contribution in [1.29, 1.82) is 0 Å². The number of aryl methyl sites for hydroxylation is 1. The van der Waals surface area contributed by atoms with Crippen LogP contribution in [0.25, 0.3) is 0 Å². The third kappa shape index (κ3) is 4.31. The number of hydrogen-bond acceptors (Lipinski definition) is 3. The third-order valence-electron chi connectivity index (χ3n) is 2.92. The van der Waals surface area contributed by atoms with Crippen LogP contribution in [0.3, 0.4) is 0 Å². The zero-order valence-corrected chi connectivity index (χ0v) is 12.0. The molecule has 0 fully saturated rings. The molecule has 0 saturated carbocycles. The standard InChI is InChI=1S/C15H25NO2/c1-5-9-18-11-14(16-6-2)13-8-7-12(3)15(10-13)17-4/h7-8,10,14,16H,5-6,9,11H2,1-4H3. The van der Waals surface area contributed by atoms with Crippen LogP contribution < -0.4 is 10.1 Å². The van der Waals surface area contributed by atoms with Crippen molar-refractivity contribution in [2.75, 3.05) is 26.9 Å². The molecule has 1 unspecified atom stereocenters. The Labute approximate surface area is 110 Å². The van der Waals surface area contributed by atoms with Crippen LogP contribution in [0.2, 0.25) is 0 Å². The first-order chi connectivity index (χ1) is 8.72. The van der Waals surface area contributed by atoms with Crippen molar-refractivity contribution in [1.82, 2.24) is 5.32 Å². The summed E-state index contributed by atoms with van der Waals surface area (Å²) >= 11 is 0. The van der Waals surface area contributed by atoms with E-state index in [1.54, 1.807) is 7.11 Å². The molecular weight excluding hydrogens is 226 g/mol. The van der Waals surface area contributed by atoms with Gasteiger partial charge < -0.3 is 14.8 Å². The maximum atomic E-state index is 5.65. The van der Waals surface area contributed by atoms with Crippen LogP contribution in [-0.4, -0.2) is 26.9 Å². The van der Waals surface area contributed by atoms with Crippen molar-refractivity contribution >= 4 is 0 Å². The summed E-state index contributed by atoms with van der Waals surface area (Å²) in [6.45, 7) is 8.73. The van der Waals surface area contributed by atoms with Crippen molar-refractivity contribution in [3.05, 3.63) is 29.3 Å². The summed E-state index contributed by atoms with van der Waals surface area (Å²) in [6, 6.07) is 6.56. The van der Waals surface area contributed by atoms with Gasteiger partial charge in [-0.05, 0) is 37.1 Å². The average molecular weight is 251 g/mol. The molecule has 0 aliphatic rings. The van der Waals surface area contributed by atoms with Gasteiger partial charge in [-0.3, -0.25) is 0 Å². The van der Waals surface area contributed by atoms with Gasteiger partial charge in [-0.25, -0.2) is 0 Å². The number of benzene rings is 1. The van der Waals surface area contributed by atoms with Gasteiger partial charge in [0.25, 0.3) is 0 Å². The van der Waals surface area contributed by atoms with Crippen LogP contribution in [0.15, 0.2) is 18.2 Å². The van der Waals surface area contributed by atoms with Gasteiger partial charge in [0, 0.05) is 6.61 Å². The maximum absolute atomic E-state index is 5.65. The highest BCUT2D eigenvalue weighted by Gasteiger charge is 2.12. The second-order valence-electron chi connectivity index (χ2n) is 4.41. The van der Waals surface area contributed by atoms with E-state index >= 15 is 0 Å². The molecule has 0 spiro atoms. The van der Waals surface area contributed by atoms with E-state index in [2.05, 4.69) is 44.3 Å². The van der Waals surface area contributed by atoms with Gasteiger partial charge in [0.2, 0.25) is 0 Å². The summed E-state index contributed by atoms with van der Waals surface area (Å²) in [7, 11) is 1.71. The molecule has 1 atom stereocenters. The van der Waals surface area contributed by atoms with E-state index in [1.165, 1.54) is 5.56 Å². The Bertz CT molecular complexity index is 352. The van der Waals surface area contributed by atoms with E-state index in [1.807, 2.05) is 0 Å². The summed E-state index contributed by atoms with van der Waals surface area (Å²) in [5.41, 5.74) is 2.38. The Hall–Kier alpha value is -1.06. The minimum absolute atomic E-state index is 0.232. The third-order valence-corrected chi connectivity index (χ3v) is 2.92. The second-order valence-corrected chi connectivity index (χ2v) is 4.41. The Morgan fingerprint density at radius 1 is 1.28 bits per heavy atom. The molecule has 0 saturated heterocycles. The Morgan fingerprint density at radius 3 is 2.67 bits per heavy atom. The van der Waals surface area contributed by atoms with Gasteiger partial charge in [-0.1, -0.05) is 26.0 Å². The summed E-state index contributed by atoms with van der Waals surface area (Å²) < 4.78 is 11.0. The highest BCUT2D eigenvalue weighted by Crippen LogP contribution is 2.23. The van der Waals surface area contributed by atoms with E-state index in [0.29, 0.717) is 6.61 Å². The summed E-state index contributed by atoms with van der Waals surface area (Å²) in [5, 5.41) is 3.45. The van der Waals surface area contributed by atoms with E-state index in [9.17, 15) is 0 Å². The fourth-order valence-corrected chi connectivity index (χ4v) is 1.92. The van der Waals surface area contributed by atoms with Gasteiger partial charge >= 0.3 is 0 Å². The first kappa shape index (κ1) is 15.0. The fraction of sp³-hybridized carbons (Fsp3) is 0.600. The number of hydrogen-bond donors (Lipinski definition) is 1. The molecule has 3 nitrogen and oxygen atoms in total. The molecule has 0 aliphatic carbocycles. The van der Waals surface area contributed by atoms with Crippen molar-refractivity contribution in [3.8, 4) is 5.75 Å². The zero-order valence-electron chi connectivity index (χ0n) is 12.0. The van der Waals surface area contributed by atoms with Crippen LogP contribution in [0, 0.1) is 6.92 Å². The Morgan fingerprint density at radius 2 is 2.06 bits per heavy atom. The largest absolute Gasteiger partial charge is 0.496 e. The molecule has 18 heavy (non-hydrogen) atoms. The fourth-order valence-electron chi connectivity index (χ4n) is 1.92. The molecule has 1 N–H and O–H groups in total. The number of ether oxygens (including phenoxy) is 2. The van der Waals surface area contributed by atoms with E-state index in [-0.39, 0.29) is 6.04 Å². The van der Waals surface area contributed by atoms with Gasteiger partial charge in [0.15, 0.2) is 0 Å². The molecule has 0 bridgehead atoms. The van der Waals surface area contributed by atoms with E-state index in [0.717, 1.165) is 30.9 Å². The van der Waals surface area contributed by atoms with E-state index in [4.69, 9.17) is 9.47 Å².